The van der Waals surface area contributed by atoms with E-state index < -0.39 is 0 Å². The van der Waals surface area contributed by atoms with Crippen LogP contribution in [0.4, 0.5) is 10.3 Å². The van der Waals surface area contributed by atoms with Gasteiger partial charge < -0.3 is 23.7 Å². The van der Waals surface area contributed by atoms with Crippen LogP contribution in [0.15, 0.2) is 95.7 Å². The molecule has 0 fully saturated rings. The van der Waals surface area contributed by atoms with E-state index in [0.29, 0.717) is 67.3 Å². The first kappa shape index (κ1) is 33.0. The minimum atomic E-state index is -0.300. The maximum atomic E-state index is 12.9. The van der Waals surface area contributed by atoms with Crippen LogP contribution in [-0.2, 0) is 0 Å². The number of benzene rings is 4. The summed E-state index contributed by atoms with van der Waals surface area (Å²) in [7, 11) is 6.31. The van der Waals surface area contributed by atoms with E-state index in [4.69, 9.17) is 23.7 Å². The van der Waals surface area contributed by atoms with Crippen molar-refractivity contribution in [3.63, 3.8) is 0 Å². The van der Waals surface area contributed by atoms with E-state index in [2.05, 4.69) is 20.6 Å². The first-order chi connectivity index (χ1) is 23.9. The summed E-state index contributed by atoms with van der Waals surface area (Å²) in [5.74, 6) is 2.90. The third-order valence-electron chi connectivity index (χ3n) is 7.28. The minimum absolute atomic E-state index is 0.300. The Kier molecular flexibility index (Phi) is 10.0. The lowest BCUT2D eigenvalue weighted by atomic mass is 10.1. The van der Waals surface area contributed by atoms with Crippen molar-refractivity contribution < 1.29 is 33.3 Å². The molecule has 0 bridgehead atoms. The van der Waals surface area contributed by atoms with Gasteiger partial charge in [-0.2, -0.15) is 0 Å². The van der Waals surface area contributed by atoms with Crippen LogP contribution in [0.2, 0.25) is 0 Å². The van der Waals surface area contributed by atoms with Gasteiger partial charge in [0.25, 0.3) is 11.8 Å². The topological polar surface area (TPSA) is 130 Å². The van der Waals surface area contributed by atoms with E-state index in [1.54, 1.807) is 77.0 Å². The summed E-state index contributed by atoms with van der Waals surface area (Å²) in [5.41, 5.74) is 3.97. The van der Waals surface area contributed by atoms with E-state index in [1.165, 1.54) is 22.7 Å². The highest BCUT2D eigenvalue weighted by Gasteiger charge is 2.15. The third kappa shape index (κ3) is 7.64. The first-order valence-electron chi connectivity index (χ1n) is 14.7. The lowest BCUT2D eigenvalue weighted by molar-refractivity contribution is 0.101. The van der Waals surface area contributed by atoms with Crippen molar-refractivity contribution in [2.24, 2.45) is 0 Å². The van der Waals surface area contributed by atoms with Gasteiger partial charge in [0.15, 0.2) is 33.3 Å². The quantitative estimate of drug-likeness (QED) is 0.130. The van der Waals surface area contributed by atoms with Crippen molar-refractivity contribution in [2.45, 2.75) is 0 Å². The van der Waals surface area contributed by atoms with Crippen LogP contribution in [0, 0.1) is 0 Å². The highest BCUT2D eigenvalue weighted by Crippen LogP contribution is 2.35. The predicted octanol–water partition coefficient (Wildman–Crippen LogP) is 8.26. The molecule has 0 unspecified atom stereocenters. The molecule has 0 aliphatic heterocycles. The van der Waals surface area contributed by atoms with Gasteiger partial charge in [-0.3, -0.25) is 20.2 Å². The Bertz CT molecular complexity index is 1940. The standard InChI is InChI=1S/C36H30N4O7S2/c1-43-29-15-9-23(17-31(29)45-3)27-19-48-35(37-27)39-33(41)21-5-11-25(12-6-21)47-26-13-7-22(8-14-26)34(42)40-36-38-28(20-49-36)24-10-16-30(44-2)32(18-24)46-4/h5-20H,1-4H3,(H,37,39,41)(H,38,40,42). The van der Waals surface area contributed by atoms with Crippen LogP contribution in [0.1, 0.15) is 20.7 Å². The number of nitrogens with zero attached hydrogens (tertiary/aromatic N) is 2. The molecule has 0 atom stereocenters. The van der Waals surface area contributed by atoms with Crippen molar-refractivity contribution >= 4 is 44.8 Å². The molecule has 6 rings (SSSR count). The number of thiazole rings is 2. The summed E-state index contributed by atoms with van der Waals surface area (Å²) in [6.45, 7) is 0. The fourth-order valence-electron chi connectivity index (χ4n) is 4.74. The normalized spacial score (nSPS) is 10.6. The number of carbonyl (C=O) groups excluding carboxylic acids is 2. The van der Waals surface area contributed by atoms with Crippen molar-refractivity contribution in [1.82, 2.24) is 9.97 Å². The smallest absolute Gasteiger partial charge is 0.257 e. The minimum Gasteiger partial charge on any atom is -0.493 e. The fraction of sp³-hybridized carbons (Fsp3) is 0.111. The van der Waals surface area contributed by atoms with Gasteiger partial charge in [-0.1, -0.05) is 0 Å². The number of amides is 2. The second kappa shape index (κ2) is 14.9. The van der Waals surface area contributed by atoms with Crippen LogP contribution < -0.4 is 34.3 Å². The SMILES string of the molecule is COc1ccc(-c2csc(NC(=O)c3ccc(Oc4ccc(C(=O)Nc5nc(-c6ccc(OC)c(OC)c6)cs5)cc4)cc3)n2)cc1OC. The number of hydrogen-bond donors (Lipinski definition) is 2. The Balaban J connectivity index is 1.03. The van der Waals surface area contributed by atoms with Gasteiger partial charge in [0.2, 0.25) is 0 Å². The average Bonchev–Trinajstić information content (AvgIpc) is 3.81. The molecule has 0 spiro atoms. The average molecular weight is 695 g/mol. The van der Waals surface area contributed by atoms with Gasteiger partial charge in [0.05, 0.1) is 39.8 Å². The summed E-state index contributed by atoms with van der Waals surface area (Å²) < 4.78 is 27.3. The lowest BCUT2D eigenvalue weighted by Crippen LogP contribution is -2.11. The maximum absolute atomic E-state index is 12.9. The van der Waals surface area contributed by atoms with Gasteiger partial charge >= 0.3 is 0 Å². The van der Waals surface area contributed by atoms with Gasteiger partial charge in [-0.25, -0.2) is 9.97 Å². The van der Waals surface area contributed by atoms with E-state index in [1.807, 2.05) is 47.2 Å². The Morgan fingerprint density at radius 2 is 0.918 bits per heavy atom. The monoisotopic (exact) mass is 694 g/mol. The molecule has 0 saturated carbocycles. The molecule has 248 valence electrons. The first-order valence-corrected chi connectivity index (χ1v) is 16.5. The Morgan fingerprint density at radius 1 is 0.531 bits per heavy atom. The van der Waals surface area contributed by atoms with E-state index in [0.717, 1.165) is 11.1 Å². The molecule has 13 heteroatoms. The molecule has 2 heterocycles. The summed E-state index contributed by atoms with van der Waals surface area (Å²) >= 11 is 2.64. The fourth-order valence-corrected chi connectivity index (χ4v) is 6.17. The van der Waals surface area contributed by atoms with Crippen molar-refractivity contribution in [1.29, 1.82) is 0 Å². The molecule has 6 aromatic rings. The van der Waals surface area contributed by atoms with Gasteiger partial charge in [0.1, 0.15) is 11.5 Å². The molecule has 0 aliphatic carbocycles. The van der Waals surface area contributed by atoms with Crippen LogP contribution in [-0.4, -0.2) is 50.2 Å². The van der Waals surface area contributed by atoms with Crippen LogP contribution >= 0.6 is 22.7 Å². The molecule has 49 heavy (non-hydrogen) atoms. The van der Waals surface area contributed by atoms with Crippen LogP contribution in [0.5, 0.6) is 34.5 Å². The van der Waals surface area contributed by atoms with E-state index in [-0.39, 0.29) is 11.8 Å². The summed E-state index contributed by atoms with van der Waals surface area (Å²) in [6, 6.07) is 24.5. The number of aromatic nitrogens is 2. The predicted molar refractivity (Wildman–Crippen MR) is 190 cm³/mol. The van der Waals surface area contributed by atoms with Crippen molar-refractivity contribution in [2.75, 3.05) is 39.1 Å². The summed E-state index contributed by atoms with van der Waals surface area (Å²) in [4.78, 5) is 34.9. The molecule has 11 nitrogen and oxygen atoms in total. The van der Waals surface area contributed by atoms with Gasteiger partial charge in [-0.15, -0.1) is 22.7 Å². The number of nitrogens with one attached hydrogen (secondary N) is 2. The second-order valence-corrected chi connectivity index (χ2v) is 12.0. The Morgan fingerprint density at radius 3 is 1.29 bits per heavy atom. The summed E-state index contributed by atoms with van der Waals surface area (Å²) in [5, 5.41) is 10.3. The number of ether oxygens (including phenoxy) is 5. The molecule has 2 N–H and O–H groups in total. The Hall–Kier alpha value is -5.92. The molecule has 0 saturated heterocycles. The number of rotatable bonds is 12. The zero-order valence-electron chi connectivity index (χ0n) is 26.8. The molecule has 2 aromatic heterocycles. The molecule has 0 radical (unpaired) electrons. The number of anilines is 2. The van der Waals surface area contributed by atoms with Crippen molar-refractivity contribution in [3.05, 3.63) is 107 Å². The number of methoxy groups -OCH3 is 4. The third-order valence-corrected chi connectivity index (χ3v) is 8.79. The maximum Gasteiger partial charge on any atom is 0.257 e. The van der Waals surface area contributed by atoms with Crippen molar-refractivity contribution in [3.8, 4) is 57.0 Å². The molecule has 0 aliphatic rings. The van der Waals surface area contributed by atoms with E-state index >= 15 is 0 Å². The zero-order valence-corrected chi connectivity index (χ0v) is 28.4. The van der Waals surface area contributed by atoms with Gasteiger partial charge in [0, 0.05) is 33.0 Å². The molecule has 4 aromatic carbocycles. The molecule has 2 amide bonds. The van der Waals surface area contributed by atoms with Gasteiger partial charge in [-0.05, 0) is 84.9 Å². The van der Waals surface area contributed by atoms with Crippen LogP contribution in [0.25, 0.3) is 22.5 Å². The Labute approximate surface area is 290 Å². The molecular weight excluding hydrogens is 665 g/mol. The van der Waals surface area contributed by atoms with Crippen LogP contribution in [0.3, 0.4) is 0 Å². The summed E-state index contributed by atoms with van der Waals surface area (Å²) in [6.07, 6.45) is 0. The number of hydrogen-bond acceptors (Lipinski definition) is 11. The zero-order chi connectivity index (χ0) is 34.3. The lowest BCUT2D eigenvalue weighted by Gasteiger charge is -2.08. The second-order valence-electron chi connectivity index (χ2n) is 10.3. The van der Waals surface area contributed by atoms with E-state index in [9.17, 15) is 9.59 Å². The highest BCUT2D eigenvalue weighted by atomic mass is 32.1. The molecular formula is C36H30N4O7S2. The highest BCUT2D eigenvalue weighted by molar-refractivity contribution is 7.14. The number of carbonyl (C=O) groups is 2. The largest absolute Gasteiger partial charge is 0.493 e.